The number of carbonyl (C=O) groups excluding carboxylic acids is 2. The Kier molecular flexibility index (Phi) is 6.65. The third kappa shape index (κ3) is 3.85. The van der Waals surface area contributed by atoms with Gasteiger partial charge >= 0.3 is 5.63 Å². The zero-order valence-electron chi connectivity index (χ0n) is 23.6. The Morgan fingerprint density at radius 3 is 2.41 bits per heavy atom. The van der Waals surface area contributed by atoms with Crippen LogP contribution in [0.15, 0.2) is 45.1 Å². The van der Waals surface area contributed by atoms with Gasteiger partial charge in [0.05, 0.1) is 0 Å². The van der Waals surface area contributed by atoms with Crippen molar-refractivity contribution >= 4 is 11.6 Å². The molecule has 0 aliphatic heterocycles. The minimum Gasteiger partial charge on any atom is -0.424 e. The number of ether oxygens (including phenoxy) is 1. The molecule has 202 valence electrons. The Morgan fingerprint density at radius 1 is 1.11 bits per heavy atom. The molecule has 4 rings (SSSR count). The Morgan fingerprint density at radius 2 is 1.78 bits per heavy atom. The van der Waals surface area contributed by atoms with Gasteiger partial charge in [0.2, 0.25) is 0 Å². The van der Waals surface area contributed by atoms with Crippen LogP contribution in [0.4, 0.5) is 0 Å². The summed E-state index contributed by atoms with van der Waals surface area (Å²) >= 11 is 0. The van der Waals surface area contributed by atoms with E-state index in [0.717, 1.165) is 12.8 Å². The number of Topliss-reactive ketones (excluding diaryl/α,β-unsaturated/α-hetero) is 2. The first-order valence-corrected chi connectivity index (χ1v) is 13.4. The van der Waals surface area contributed by atoms with Gasteiger partial charge in [-0.05, 0) is 81.1 Å². The van der Waals surface area contributed by atoms with Gasteiger partial charge in [0, 0.05) is 36.3 Å². The van der Waals surface area contributed by atoms with E-state index in [4.69, 9.17) is 9.15 Å². The molecule has 6 atom stereocenters. The van der Waals surface area contributed by atoms with Gasteiger partial charge < -0.3 is 14.3 Å². The molecule has 6 nitrogen and oxygen atoms in total. The number of hydrogen-bond acceptors (Lipinski definition) is 6. The topological polar surface area (TPSA) is 93.8 Å². The second-order valence-electron chi connectivity index (χ2n) is 12.8. The fraction of sp³-hybridized carbons (Fsp3) is 0.645. The van der Waals surface area contributed by atoms with Gasteiger partial charge in [0.1, 0.15) is 22.7 Å². The first-order chi connectivity index (χ1) is 17.1. The normalized spacial score (nSPS) is 37.4. The molecule has 0 spiro atoms. The van der Waals surface area contributed by atoms with Crippen LogP contribution in [0.3, 0.4) is 0 Å². The van der Waals surface area contributed by atoms with Gasteiger partial charge in [-0.25, -0.2) is 4.79 Å². The zero-order chi connectivity index (χ0) is 27.6. The number of aryl methyl sites for hydroxylation is 1. The summed E-state index contributed by atoms with van der Waals surface area (Å²) in [7, 11) is 1.54. The number of ketones is 2. The quantitative estimate of drug-likeness (QED) is 0.530. The van der Waals surface area contributed by atoms with Crippen LogP contribution in [-0.2, 0) is 19.9 Å². The van der Waals surface area contributed by atoms with Crippen molar-refractivity contribution in [2.24, 2.45) is 28.1 Å². The van der Waals surface area contributed by atoms with E-state index in [0.29, 0.717) is 41.9 Å². The highest BCUT2D eigenvalue weighted by molar-refractivity contribution is 5.95. The molecule has 0 unspecified atom stereocenters. The molecule has 3 fully saturated rings. The second-order valence-corrected chi connectivity index (χ2v) is 12.8. The fourth-order valence-electron chi connectivity index (χ4n) is 8.06. The average Bonchev–Trinajstić information content (AvgIpc) is 3.06. The van der Waals surface area contributed by atoms with Gasteiger partial charge in [-0.2, -0.15) is 0 Å². The Labute approximate surface area is 220 Å². The van der Waals surface area contributed by atoms with E-state index in [2.05, 4.69) is 27.7 Å². The number of hydrogen-bond donors (Lipinski definition) is 1. The summed E-state index contributed by atoms with van der Waals surface area (Å²) in [5.41, 5.74) is -3.10. The highest BCUT2D eigenvalue weighted by atomic mass is 16.5. The van der Waals surface area contributed by atoms with Crippen LogP contribution < -0.4 is 5.63 Å². The largest absolute Gasteiger partial charge is 0.424 e. The first-order valence-electron chi connectivity index (χ1n) is 13.4. The molecule has 0 aromatic carbocycles. The lowest BCUT2D eigenvalue weighted by molar-refractivity contribution is -0.171. The lowest BCUT2D eigenvalue weighted by atomic mass is 9.42. The van der Waals surface area contributed by atoms with E-state index in [1.807, 2.05) is 6.92 Å². The number of allylic oxidation sites excluding steroid dienone is 2. The van der Waals surface area contributed by atoms with E-state index < -0.39 is 27.7 Å². The van der Waals surface area contributed by atoms with Crippen molar-refractivity contribution < 1.29 is 23.8 Å². The Hall–Kier alpha value is -2.31. The van der Waals surface area contributed by atoms with E-state index in [1.165, 1.54) is 7.11 Å². The summed E-state index contributed by atoms with van der Waals surface area (Å²) in [6.45, 7) is 13.7. The second kappa shape index (κ2) is 8.88. The van der Waals surface area contributed by atoms with Gasteiger partial charge in [-0.15, -0.1) is 0 Å². The summed E-state index contributed by atoms with van der Waals surface area (Å²) < 4.78 is 11.1. The maximum absolute atomic E-state index is 13.6. The molecule has 3 aliphatic rings. The van der Waals surface area contributed by atoms with Crippen molar-refractivity contribution in [1.82, 2.24) is 0 Å². The number of methoxy groups -OCH3 is 1. The molecule has 1 heterocycles. The Bertz CT molecular complexity index is 1240. The van der Waals surface area contributed by atoms with Crippen molar-refractivity contribution in [2.75, 3.05) is 7.11 Å². The van der Waals surface area contributed by atoms with E-state index in [1.54, 1.807) is 44.2 Å². The number of rotatable bonds is 5. The average molecular weight is 511 g/mol. The molecule has 3 aliphatic carbocycles. The van der Waals surface area contributed by atoms with Crippen LogP contribution in [0.2, 0.25) is 0 Å². The molecular formula is C31H42O6. The van der Waals surface area contributed by atoms with Crippen LogP contribution >= 0.6 is 0 Å². The SMILES string of the molecule is CO[C@](C)(/C=C/C=C(\C)[C@@]1(O)C(=O)C[C@H]2[C@@]3(C)CCC(=O)C(C)(C)[C@@H]3CC[C@@]21C)c1ccc(C)c(=O)o1. The summed E-state index contributed by atoms with van der Waals surface area (Å²) in [6, 6.07) is 3.42. The van der Waals surface area contributed by atoms with E-state index >= 15 is 0 Å². The molecule has 0 radical (unpaired) electrons. The smallest absolute Gasteiger partial charge is 0.338 e. The minimum atomic E-state index is -1.58. The van der Waals surface area contributed by atoms with Crippen molar-refractivity contribution in [3.8, 4) is 0 Å². The monoisotopic (exact) mass is 510 g/mol. The minimum absolute atomic E-state index is 0.00188. The molecule has 3 saturated carbocycles. The molecule has 1 aromatic rings. The van der Waals surface area contributed by atoms with Gasteiger partial charge in [-0.1, -0.05) is 39.8 Å². The maximum atomic E-state index is 13.6. The van der Waals surface area contributed by atoms with Crippen LogP contribution in [0.1, 0.15) is 85.0 Å². The molecule has 1 aromatic heterocycles. The third-order valence-corrected chi connectivity index (χ3v) is 10.7. The highest BCUT2D eigenvalue weighted by Gasteiger charge is 2.71. The van der Waals surface area contributed by atoms with E-state index in [9.17, 15) is 19.5 Å². The van der Waals surface area contributed by atoms with E-state index in [-0.39, 0.29) is 23.0 Å². The predicted octanol–water partition coefficient (Wildman–Crippen LogP) is 5.44. The lowest BCUT2D eigenvalue weighted by Gasteiger charge is -2.61. The van der Waals surface area contributed by atoms with Crippen LogP contribution in [0.25, 0.3) is 0 Å². The van der Waals surface area contributed by atoms with Crippen molar-refractivity contribution in [3.05, 3.63) is 57.7 Å². The van der Waals surface area contributed by atoms with Gasteiger partial charge in [0.25, 0.3) is 0 Å². The van der Waals surface area contributed by atoms with Crippen LogP contribution in [0, 0.1) is 35.0 Å². The van der Waals surface area contributed by atoms with Crippen molar-refractivity contribution in [1.29, 1.82) is 0 Å². The Balaban J connectivity index is 1.67. The zero-order valence-corrected chi connectivity index (χ0v) is 23.6. The summed E-state index contributed by atoms with van der Waals surface area (Å²) in [5.74, 6) is 0.742. The number of aliphatic hydroxyl groups is 1. The third-order valence-electron chi connectivity index (χ3n) is 10.7. The fourth-order valence-corrected chi connectivity index (χ4v) is 8.06. The summed E-state index contributed by atoms with van der Waals surface area (Å²) in [4.78, 5) is 38.4. The summed E-state index contributed by atoms with van der Waals surface area (Å²) in [5, 5.41) is 12.1. The maximum Gasteiger partial charge on any atom is 0.338 e. The van der Waals surface area contributed by atoms with Crippen LogP contribution in [-0.4, -0.2) is 29.4 Å². The van der Waals surface area contributed by atoms with Gasteiger partial charge in [0.15, 0.2) is 5.78 Å². The molecule has 1 N–H and O–H groups in total. The molecule has 6 heteroatoms. The number of fused-ring (bicyclic) bond motifs is 3. The standard InChI is InChI=1S/C31H42O6/c1-19-11-12-25(37-26(19)34)30(7,36-8)15-9-10-20(2)31(35)24(33)18-22-28(5)16-14-23(32)27(3,4)21(28)13-17-29(22,31)6/h9-12,15,21-22,35H,13-14,16-18H2,1-8H3/b15-9+,20-10+/t21-,22-,28-,29-,30+,31+/m0/s1. The molecule has 0 amide bonds. The molecule has 37 heavy (non-hydrogen) atoms. The molecule has 0 saturated heterocycles. The highest BCUT2D eigenvalue weighted by Crippen LogP contribution is 2.70. The van der Waals surface area contributed by atoms with Crippen molar-refractivity contribution in [2.45, 2.75) is 91.8 Å². The molecule has 0 bridgehead atoms. The predicted molar refractivity (Wildman–Crippen MR) is 142 cm³/mol. The van der Waals surface area contributed by atoms with Gasteiger partial charge in [-0.3, -0.25) is 9.59 Å². The first kappa shape index (κ1) is 27.7. The van der Waals surface area contributed by atoms with Crippen molar-refractivity contribution in [3.63, 3.8) is 0 Å². The number of carbonyl (C=O) groups is 2. The summed E-state index contributed by atoms with van der Waals surface area (Å²) in [6.07, 6.45) is 8.42. The van der Waals surface area contributed by atoms with Crippen LogP contribution in [0.5, 0.6) is 0 Å². The lowest BCUT2D eigenvalue weighted by Crippen LogP contribution is -2.60. The molecular weight excluding hydrogens is 468 g/mol.